The van der Waals surface area contributed by atoms with E-state index in [0.29, 0.717) is 0 Å². The summed E-state index contributed by atoms with van der Waals surface area (Å²) in [7, 11) is 0. The van der Waals surface area contributed by atoms with Gasteiger partial charge in [0, 0.05) is 18.8 Å². The average Bonchev–Trinajstić information content (AvgIpc) is 2.93. The van der Waals surface area contributed by atoms with Gasteiger partial charge in [0.15, 0.2) is 0 Å². The highest BCUT2D eigenvalue weighted by Gasteiger charge is 2.36. The highest BCUT2D eigenvalue weighted by atomic mass is 16.2. The Morgan fingerprint density at radius 1 is 1.11 bits per heavy atom. The van der Waals surface area contributed by atoms with Crippen LogP contribution in [0.4, 0.5) is 5.95 Å². The average molecular weight is 257 g/mol. The zero-order valence-corrected chi connectivity index (χ0v) is 9.98. The summed E-state index contributed by atoms with van der Waals surface area (Å²) < 4.78 is 0. The molecule has 0 bridgehead atoms. The first-order chi connectivity index (χ1) is 9.25. The topological polar surface area (TPSA) is 91.8 Å². The zero-order valence-electron chi connectivity index (χ0n) is 9.98. The molecule has 0 saturated carbocycles. The second-order valence-corrected chi connectivity index (χ2v) is 4.35. The van der Waals surface area contributed by atoms with Gasteiger partial charge in [-0.15, -0.1) is 5.10 Å². The minimum Gasteiger partial charge on any atom is -0.274 e. The summed E-state index contributed by atoms with van der Waals surface area (Å²) in [5.41, 5.74) is 0.997. The van der Waals surface area contributed by atoms with Crippen LogP contribution >= 0.6 is 0 Å². The van der Waals surface area contributed by atoms with Crippen LogP contribution in [0.3, 0.4) is 0 Å². The molecule has 2 heterocycles. The summed E-state index contributed by atoms with van der Waals surface area (Å²) in [5.74, 6) is -0.663. The largest absolute Gasteiger partial charge is 0.279 e. The molecule has 0 radical (unpaired) electrons. The van der Waals surface area contributed by atoms with Gasteiger partial charge in [0.25, 0.3) is 5.95 Å². The Balaban J connectivity index is 1.84. The third-order valence-electron chi connectivity index (χ3n) is 3.15. The number of hydrogen-bond donors (Lipinski definition) is 1. The molecule has 0 aliphatic carbocycles. The van der Waals surface area contributed by atoms with Crippen molar-refractivity contribution in [2.45, 2.75) is 18.8 Å². The van der Waals surface area contributed by atoms with E-state index in [9.17, 15) is 9.59 Å². The summed E-state index contributed by atoms with van der Waals surface area (Å²) in [5, 5.41) is 12.9. The van der Waals surface area contributed by atoms with E-state index in [1.165, 1.54) is 0 Å². The maximum Gasteiger partial charge on any atom is 0.279 e. The number of nitrogens with one attached hydrogen (secondary N) is 1. The van der Waals surface area contributed by atoms with Gasteiger partial charge in [0.1, 0.15) is 0 Å². The third-order valence-corrected chi connectivity index (χ3v) is 3.15. The van der Waals surface area contributed by atoms with Crippen molar-refractivity contribution in [3.8, 4) is 0 Å². The van der Waals surface area contributed by atoms with Crippen LogP contribution in [0.5, 0.6) is 0 Å². The van der Waals surface area contributed by atoms with Gasteiger partial charge in [-0.3, -0.25) is 9.59 Å². The molecule has 7 heteroatoms. The molecular weight excluding hydrogens is 246 g/mol. The molecule has 2 amide bonds. The molecular formula is C12H11N5O2. The van der Waals surface area contributed by atoms with E-state index in [0.717, 1.165) is 10.5 Å². The molecule has 0 unspecified atom stereocenters. The number of imide groups is 1. The van der Waals surface area contributed by atoms with Gasteiger partial charge in [0.2, 0.25) is 11.8 Å². The highest BCUT2D eigenvalue weighted by molar-refractivity contribution is 6.15. The predicted molar refractivity (Wildman–Crippen MR) is 65.1 cm³/mol. The molecule has 1 aromatic carbocycles. The lowest BCUT2D eigenvalue weighted by atomic mass is 9.89. The van der Waals surface area contributed by atoms with Crippen LogP contribution < -0.4 is 4.90 Å². The van der Waals surface area contributed by atoms with Crippen molar-refractivity contribution >= 4 is 17.8 Å². The Hall–Kier alpha value is -2.57. The number of benzene rings is 1. The van der Waals surface area contributed by atoms with Gasteiger partial charge in [-0.2, -0.15) is 5.21 Å². The number of carbonyl (C=O) groups is 2. The van der Waals surface area contributed by atoms with E-state index in [-0.39, 0.29) is 36.5 Å². The number of hydrogen-bond acceptors (Lipinski definition) is 5. The molecule has 1 saturated heterocycles. The molecule has 19 heavy (non-hydrogen) atoms. The summed E-state index contributed by atoms with van der Waals surface area (Å²) in [4.78, 5) is 25.1. The van der Waals surface area contributed by atoms with Crippen molar-refractivity contribution in [1.82, 2.24) is 20.6 Å². The smallest absolute Gasteiger partial charge is 0.274 e. The number of rotatable bonds is 2. The fraction of sp³-hybridized carbons (Fsp3) is 0.250. The number of anilines is 1. The van der Waals surface area contributed by atoms with Crippen LogP contribution in [0.25, 0.3) is 0 Å². The number of piperidine rings is 1. The monoisotopic (exact) mass is 257 g/mol. The molecule has 0 spiro atoms. The Morgan fingerprint density at radius 2 is 1.79 bits per heavy atom. The van der Waals surface area contributed by atoms with Crippen molar-refractivity contribution in [3.05, 3.63) is 35.9 Å². The lowest BCUT2D eigenvalue weighted by Gasteiger charge is -2.27. The van der Waals surface area contributed by atoms with Crippen molar-refractivity contribution in [2.24, 2.45) is 0 Å². The molecule has 96 valence electrons. The van der Waals surface area contributed by atoms with E-state index in [4.69, 9.17) is 0 Å². The van der Waals surface area contributed by atoms with E-state index < -0.39 is 0 Å². The number of carbonyl (C=O) groups excluding carboxylic acids is 2. The van der Waals surface area contributed by atoms with Crippen molar-refractivity contribution < 1.29 is 9.59 Å². The Bertz CT molecular complexity index is 578. The Labute approximate surface area is 108 Å². The molecule has 2 aromatic rings. The van der Waals surface area contributed by atoms with Crippen LogP contribution in [0, 0.1) is 0 Å². The first kappa shape index (κ1) is 11.5. The fourth-order valence-electron chi connectivity index (χ4n) is 2.25. The fourth-order valence-corrected chi connectivity index (χ4v) is 2.25. The molecule has 1 aromatic heterocycles. The third kappa shape index (κ3) is 2.10. The van der Waals surface area contributed by atoms with E-state index in [1.54, 1.807) is 0 Å². The van der Waals surface area contributed by atoms with Crippen molar-refractivity contribution in [2.75, 3.05) is 4.90 Å². The number of aromatic nitrogens is 4. The number of tetrazole rings is 1. The number of aromatic amines is 1. The second-order valence-electron chi connectivity index (χ2n) is 4.35. The second kappa shape index (κ2) is 4.60. The lowest BCUT2D eigenvalue weighted by molar-refractivity contribution is -0.129. The lowest BCUT2D eigenvalue weighted by Crippen LogP contribution is -2.43. The van der Waals surface area contributed by atoms with E-state index in [1.807, 2.05) is 30.3 Å². The zero-order chi connectivity index (χ0) is 13.2. The van der Waals surface area contributed by atoms with Crippen LogP contribution in [0.15, 0.2) is 30.3 Å². The van der Waals surface area contributed by atoms with E-state index in [2.05, 4.69) is 20.6 Å². The minimum absolute atomic E-state index is 0.0153. The van der Waals surface area contributed by atoms with Crippen molar-refractivity contribution in [3.63, 3.8) is 0 Å². The van der Waals surface area contributed by atoms with Crippen molar-refractivity contribution in [1.29, 1.82) is 0 Å². The number of H-pyrrole nitrogens is 1. The standard InChI is InChI=1S/C12H11N5O2/c18-10-6-9(8-4-2-1-3-5-8)7-11(19)17(10)12-13-15-16-14-12/h1-5,9H,6-7H2,(H,13,14,15,16). The summed E-state index contributed by atoms with van der Waals surface area (Å²) in [6.07, 6.45) is 0.536. The first-order valence-electron chi connectivity index (χ1n) is 5.90. The summed E-state index contributed by atoms with van der Waals surface area (Å²) in [6.45, 7) is 0. The maximum atomic E-state index is 12.1. The summed E-state index contributed by atoms with van der Waals surface area (Å²) in [6, 6.07) is 9.55. The molecule has 7 nitrogen and oxygen atoms in total. The summed E-state index contributed by atoms with van der Waals surface area (Å²) >= 11 is 0. The van der Waals surface area contributed by atoms with E-state index >= 15 is 0 Å². The molecule has 0 atom stereocenters. The van der Waals surface area contributed by atoms with Gasteiger partial charge < -0.3 is 0 Å². The van der Waals surface area contributed by atoms with Crippen LogP contribution in [-0.2, 0) is 9.59 Å². The minimum atomic E-state index is -0.300. The highest BCUT2D eigenvalue weighted by Crippen LogP contribution is 2.30. The number of nitrogens with zero attached hydrogens (tertiary/aromatic N) is 4. The quantitative estimate of drug-likeness (QED) is 0.797. The van der Waals surface area contributed by atoms with Gasteiger partial charge in [-0.1, -0.05) is 35.4 Å². The molecule has 1 fully saturated rings. The molecule has 1 aliphatic heterocycles. The normalized spacial score (nSPS) is 16.9. The first-order valence-corrected chi connectivity index (χ1v) is 5.90. The maximum absolute atomic E-state index is 12.1. The number of amides is 2. The Kier molecular flexibility index (Phi) is 2.79. The molecule has 3 rings (SSSR count). The van der Waals surface area contributed by atoms with Gasteiger partial charge in [0.05, 0.1) is 0 Å². The SMILES string of the molecule is O=C1CC(c2ccccc2)CC(=O)N1c1nn[nH]n1. The van der Waals surface area contributed by atoms with Gasteiger partial charge in [-0.05, 0) is 10.8 Å². The molecule has 1 aliphatic rings. The van der Waals surface area contributed by atoms with Crippen LogP contribution in [-0.4, -0.2) is 32.4 Å². The van der Waals surface area contributed by atoms with Gasteiger partial charge >= 0.3 is 0 Å². The van der Waals surface area contributed by atoms with Crippen LogP contribution in [0.1, 0.15) is 24.3 Å². The Morgan fingerprint density at radius 3 is 2.37 bits per heavy atom. The molecule has 1 N–H and O–H groups in total. The predicted octanol–water partition coefficient (Wildman–Crippen LogP) is 0.637. The van der Waals surface area contributed by atoms with Crippen LogP contribution in [0.2, 0.25) is 0 Å². The van der Waals surface area contributed by atoms with Gasteiger partial charge in [-0.25, -0.2) is 4.90 Å².